The van der Waals surface area contributed by atoms with E-state index in [9.17, 15) is 13.2 Å². The summed E-state index contributed by atoms with van der Waals surface area (Å²) in [5.41, 5.74) is -0.0911. The van der Waals surface area contributed by atoms with E-state index in [-0.39, 0.29) is 10.8 Å². The van der Waals surface area contributed by atoms with Crippen molar-refractivity contribution in [2.24, 2.45) is 0 Å². The molecule has 1 amide bonds. The maximum atomic E-state index is 11.9. The molecule has 0 aromatic heterocycles. The topological polar surface area (TPSA) is 84.5 Å². The van der Waals surface area contributed by atoms with Gasteiger partial charge in [0.05, 0.1) is 10.5 Å². The Kier molecular flexibility index (Phi) is 4.67. The van der Waals surface area contributed by atoms with Gasteiger partial charge in [0.15, 0.2) is 0 Å². The maximum Gasteiger partial charge on any atom is 0.262 e. The van der Waals surface area contributed by atoms with E-state index in [1.165, 1.54) is 31.2 Å². The Hall–Kier alpha value is -1.44. The van der Waals surface area contributed by atoms with E-state index in [1.54, 1.807) is 20.8 Å². The molecule has 0 atom stereocenters. The number of sulfonamides is 1. The van der Waals surface area contributed by atoms with Crippen LogP contribution in [0.25, 0.3) is 0 Å². The lowest BCUT2D eigenvalue weighted by atomic mass is 10.2. The molecule has 0 heterocycles. The molecular formula is C12H18N2O4S. The van der Waals surface area contributed by atoms with Crippen LogP contribution < -0.4 is 10.2 Å². The van der Waals surface area contributed by atoms with Crippen LogP contribution in [-0.2, 0) is 19.7 Å². The van der Waals surface area contributed by atoms with Crippen molar-refractivity contribution < 1.29 is 18.0 Å². The molecule has 0 bridgehead atoms. The lowest BCUT2D eigenvalue weighted by Crippen LogP contribution is -2.33. The molecule has 0 spiro atoms. The van der Waals surface area contributed by atoms with Crippen molar-refractivity contribution in [2.45, 2.75) is 38.2 Å². The molecule has 7 heteroatoms. The summed E-state index contributed by atoms with van der Waals surface area (Å²) in [5.74, 6) is -0.218. The lowest BCUT2D eigenvalue weighted by Gasteiger charge is -2.19. The third-order valence-corrected chi connectivity index (χ3v) is 3.14. The minimum atomic E-state index is -3.72. The van der Waals surface area contributed by atoms with E-state index in [0.717, 1.165) is 0 Å². The molecule has 19 heavy (non-hydrogen) atoms. The summed E-state index contributed by atoms with van der Waals surface area (Å²) in [6.07, 6.45) is 0. The van der Waals surface area contributed by atoms with Crippen LogP contribution in [0.3, 0.4) is 0 Å². The second kappa shape index (κ2) is 5.68. The van der Waals surface area contributed by atoms with Gasteiger partial charge >= 0.3 is 0 Å². The van der Waals surface area contributed by atoms with Crippen LogP contribution in [0.15, 0.2) is 29.2 Å². The van der Waals surface area contributed by atoms with Gasteiger partial charge in [0.1, 0.15) is 0 Å². The van der Waals surface area contributed by atoms with E-state index in [1.807, 2.05) is 0 Å². The summed E-state index contributed by atoms with van der Waals surface area (Å²) in [6.45, 7) is 6.57. The van der Waals surface area contributed by atoms with Crippen LogP contribution in [0, 0.1) is 0 Å². The van der Waals surface area contributed by atoms with E-state index in [0.29, 0.717) is 5.69 Å². The van der Waals surface area contributed by atoms with Crippen molar-refractivity contribution >= 4 is 21.6 Å². The predicted molar refractivity (Wildman–Crippen MR) is 71.9 cm³/mol. The standard InChI is InChI=1S/C12H18N2O4S/c1-9(15)13-10-5-7-11(8-6-10)19(16,17)14-18-12(2,3)4/h5-8,14H,1-4H3,(H,13,15). The Morgan fingerprint density at radius 1 is 1.16 bits per heavy atom. The number of carbonyl (C=O) groups is 1. The first kappa shape index (κ1) is 15.6. The molecule has 1 aromatic rings. The molecule has 0 aliphatic rings. The van der Waals surface area contributed by atoms with E-state index in [4.69, 9.17) is 4.84 Å². The number of nitrogens with one attached hydrogen (secondary N) is 2. The van der Waals surface area contributed by atoms with Gasteiger partial charge in [-0.3, -0.25) is 9.63 Å². The van der Waals surface area contributed by atoms with Crippen LogP contribution >= 0.6 is 0 Å². The third-order valence-electron chi connectivity index (χ3n) is 1.94. The number of hydrogen-bond acceptors (Lipinski definition) is 4. The van der Waals surface area contributed by atoms with Gasteiger partial charge in [-0.05, 0) is 45.0 Å². The molecule has 1 rings (SSSR count). The SMILES string of the molecule is CC(=O)Nc1ccc(S(=O)(=O)NOC(C)(C)C)cc1. The minimum Gasteiger partial charge on any atom is -0.326 e. The first-order valence-corrected chi connectivity index (χ1v) is 7.16. The van der Waals surface area contributed by atoms with E-state index in [2.05, 4.69) is 10.2 Å². The molecule has 0 saturated carbocycles. The Labute approximate surface area is 113 Å². The van der Waals surface area contributed by atoms with Crippen LogP contribution in [0.5, 0.6) is 0 Å². The smallest absolute Gasteiger partial charge is 0.262 e. The van der Waals surface area contributed by atoms with Crippen LogP contribution in [0.2, 0.25) is 0 Å². The van der Waals surface area contributed by atoms with Gasteiger partial charge in [0.25, 0.3) is 10.0 Å². The number of benzene rings is 1. The van der Waals surface area contributed by atoms with Gasteiger partial charge in [-0.15, -0.1) is 0 Å². The first-order chi connectivity index (χ1) is 8.60. The van der Waals surface area contributed by atoms with Crippen molar-refractivity contribution in [3.63, 3.8) is 0 Å². The Morgan fingerprint density at radius 3 is 2.11 bits per heavy atom. The molecular weight excluding hydrogens is 268 g/mol. The zero-order chi connectivity index (χ0) is 14.7. The zero-order valence-corrected chi connectivity index (χ0v) is 12.2. The van der Waals surface area contributed by atoms with Crippen molar-refractivity contribution in [2.75, 3.05) is 5.32 Å². The molecule has 2 N–H and O–H groups in total. The van der Waals surface area contributed by atoms with Gasteiger partial charge in [0, 0.05) is 12.6 Å². The summed E-state index contributed by atoms with van der Waals surface area (Å²) in [6, 6.07) is 5.79. The van der Waals surface area contributed by atoms with E-state index < -0.39 is 15.6 Å². The second-order valence-corrected chi connectivity index (χ2v) is 6.65. The molecule has 6 nitrogen and oxygen atoms in total. The highest BCUT2D eigenvalue weighted by Gasteiger charge is 2.19. The molecule has 0 radical (unpaired) electrons. The molecule has 0 fully saturated rings. The molecule has 0 aliphatic carbocycles. The lowest BCUT2D eigenvalue weighted by molar-refractivity contribution is -0.114. The predicted octanol–water partition coefficient (Wildman–Crippen LogP) is 1.65. The van der Waals surface area contributed by atoms with Crippen molar-refractivity contribution in [1.29, 1.82) is 0 Å². The van der Waals surface area contributed by atoms with Gasteiger partial charge in [0.2, 0.25) is 5.91 Å². The van der Waals surface area contributed by atoms with Crippen molar-refractivity contribution in [1.82, 2.24) is 4.89 Å². The maximum absolute atomic E-state index is 11.9. The fraction of sp³-hybridized carbons (Fsp3) is 0.417. The Morgan fingerprint density at radius 2 is 1.68 bits per heavy atom. The highest BCUT2D eigenvalue weighted by Crippen LogP contribution is 2.15. The summed E-state index contributed by atoms with van der Waals surface area (Å²) < 4.78 is 23.8. The second-order valence-electron chi connectivity index (χ2n) is 5.01. The highest BCUT2D eigenvalue weighted by atomic mass is 32.2. The molecule has 0 saturated heterocycles. The van der Waals surface area contributed by atoms with Crippen LogP contribution in [-0.4, -0.2) is 19.9 Å². The van der Waals surface area contributed by atoms with Crippen molar-refractivity contribution in [3.8, 4) is 0 Å². The average molecular weight is 286 g/mol. The third kappa shape index (κ3) is 5.37. The highest BCUT2D eigenvalue weighted by molar-refractivity contribution is 7.89. The van der Waals surface area contributed by atoms with Crippen LogP contribution in [0.4, 0.5) is 5.69 Å². The summed E-state index contributed by atoms with van der Waals surface area (Å²) in [4.78, 5) is 18.0. The average Bonchev–Trinajstić information content (AvgIpc) is 2.26. The number of carbonyl (C=O) groups excluding carboxylic acids is 1. The number of rotatable bonds is 4. The van der Waals surface area contributed by atoms with Gasteiger partial charge in [-0.25, -0.2) is 8.42 Å². The summed E-state index contributed by atoms with van der Waals surface area (Å²) >= 11 is 0. The fourth-order valence-electron chi connectivity index (χ4n) is 1.15. The first-order valence-electron chi connectivity index (χ1n) is 5.68. The zero-order valence-electron chi connectivity index (χ0n) is 11.4. The van der Waals surface area contributed by atoms with E-state index >= 15 is 0 Å². The molecule has 0 unspecified atom stereocenters. The number of amides is 1. The molecule has 1 aromatic carbocycles. The van der Waals surface area contributed by atoms with Crippen molar-refractivity contribution in [3.05, 3.63) is 24.3 Å². The number of hydrogen-bond donors (Lipinski definition) is 2. The number of anilines is 1. The fourth-order valence-corrected chi connectivity index (χ4v) is 2.10. The van der Waals surface area contributed by atoms with Gasteiger partial charge in [-0.1, -0.05) is 4.89 Å². The molecule has 0 aliphatic heterocycles. The minimum absolute atomic E-state index is 0.0610. The largest absolute Gasteiger partial charge is 0.326 e. The van der Waals surface area contributed by atoms with Gasteiger partial charge < -0.3 is 5.32 Å². The Balaban J connectivity index is 2.82. The summed E-state index contributed by atoms with van der Waals surface area (Å²) in [5, 5.41) is 2.55. The molecule has 106 valence electrons. The van der Waals surface area contributed by atoms with Gasteiger partial charge in [-0.2, -0.15) is 0 Å². The quantitative estimate of drug-likeness (QED) is 0.824. The van der Waals surface area contributed by atoms with Crippen LogP contribution in [0.1, 0.15) is 27.7 Å². The normalized spacial score (nSPS) is 12.2. The Bertz CT molecular complexity index is 544. The summed E-state index contributed by atoms with van der Waals surface area (Å²) in [7, 11) is -3.72. The monoisotopic (exact) mass is 286 g/mol.